The highest BCUT2D eigenvalue weighted by atomic mass is 19.1. The molecule has 0 amide bonds. The van der Waals surface area contributed by atoms with Gasteiger partial charge in [0.2, 0.25) is 5.95 Å². The first-order valence-electron chi connectivity index (χ1n) is 4.84. The fraction of sp³-hybridized carbons (Fsp3) is 0.0833. The molecule has 2 rings (SSSR count). The van der Waals surface area contributed by atoms with Crippen LogP contribution < -0.4 is 5.32 Å². The Morgan fingerprint density at radius 3 is 2.69 bits per heavy atom. The molecular weight excluding hydrogens is 210 g/mol. The second-order valence-corrected chi connectivity index (χ2v) is 3.35. The summed E-state index contributed by atoms with van der Waals surface area (Å²) in [7, 11) is 0. The van der Waals surface area contributed by atoms with E-state index < -0.39 is 5.95 Å². The van der Waals surface area contributed by atoms with Gasteiger partial charge in [-0.3, -0.25) is 0 Å². The van der Waals surface area contributed by atoms with Crippen molar-refractivity contribution in [3.63, 3.8) is 0 Å². The molecule has 2 aromatic rings. The lowest BCUT2D eigenvalue weighted by atomic mass is 10.2. The summed E-state index contributed by atoms with van der Waals surface area (Å²) in [5.74, 6) is -0.784. The van der Waals surface area contributed by atoms with E-state index in [-0.39, 0.29) is 5.82 Å². The summed E-state index contributed by atoms with van der Waals surface area (Å²) in [6.45, 7) is 0.477. The molecule has 0 bridgehead atoms. The first-order valence-corrected chi connectivity index (χ1v) is 4.84. The molecule has 0 aliphatic heterocycles. The second kappa shape index (κ2) is 4.70. The van der Waals surface area contributed by atoms with Crippen molar-refractivity contribution in [2.45, 2.75) is 6.54 Å². The average molecular weight is 220 g/mol. The van der Waals surface area contributed by atoms with Gasteiger partial charge in [-0.05, 0) is 29.8 Å². The van der Waals surface area contributed by atoms with Gasteiger partial charge in [0.25, 0.3) is 0 Å². The molecule has 0 unspecified atom stereocenters. The summed E-state index contributed by atoms with van der Waals surface area (Å²) in [6.07, 6.45) is 1.40. The number of hydrogen-bond donors (Lipinski definition) is 1. The smallest absolute Gasteiger partial charge is 0.212 e. The Kier molecular flexibility index (Phi) is 3.10. The molecule has 0 aliphatic rings. The van der Waals surface area contributed by atoms with E-state index >= 15 is 0 Å². The molecule has 1 heterocycles. The van der Waals surface area contributed by atoms with Crippen LogP contribution in [0.25, 0.3) is 0 Å². The number of aromatic nitrogens is 1. The summed E-state index contributed by atoms with van der Waals surface area (Å²) >= 11 is 0. The van der Waals surface area contributed by atoms with Gasteiger partial charge in [0.1, 0.15) is 5.82 Å². The van der Waals surface area contributed by atoms with E-state index in [1.165, 1.54) is 24.4 Å². The van der Waals surface area contributed by atoms with Gasteiger partial charge in [-0.2, -0.15) is 4.39 Å². The zero-order valence-electron chi connectivity index (χ0n) is 8.45. The first-order chi connectivity index (χ1) is 7.74. The van der Waals surface area contributed by atoms with Crippen molar-refractivity contribution >= 4 is 5.69 Å². The number of nitrogens with zero attached hydrogens (tertiary/aromatic N) is 1. The van der Waals surface area contributed by atoms with Crippen LogP contribution in [0.5, 0.6) is 0 Å². The molecule has 0 fully saturated rings. The average Bonchev–Trinajstić information content (AvgIpc) is 2.28. The number of pyridine rings is 1. The third kappa shape index (κ3) is 2.76. The highest BCUT2D eigenvalue weighted by Crippen LogP contribution is 2.09. The van der Waals surface area contributed by atoms with Crippen molar-refractivity contribution < 1.29 is 8.78 Å². The predicted octanol–water partition coefficient (Wildman–Crippen LogP) is 2.97. The third-order valence-corrected chi connectivity index (χ3v) is 2.11. The molecular formula is C12H10F2N2. The van der Waals surface area contributed by atoms with Crippen LogP contribution in [0.4, 0.5) is 14.5 Å². The highest BCUT2D eigenvalue weighted by molar-refractivity contribution is 5.40. The van der Waals surface area contributed by atoms with E-state index in [0.717, 1.165) is 5.56 Å². The zero-order valence-corrected chi connectivity index (χ0v) is 8.45. The number of halogens is 2. The minimum Gasteiger partial charge on any atom is -0.380 e. The van der Waals surface area contributed by atoms with Crippen LogP contribution in [0.15, 0.2) is 42.6 Å². The minimum atomic E-state index is -0.517. The molecule has 1 aromatic heterocycles. The van der Waals surface area contributed by atoms with Crippen LogP contribution in [-0.2, 0) is 6.54 Å². The molecule has 1 N–H and O–H groups in total. The van der Waals surface area contributed by atoms with Crippen LogP contribution in [0.1, 0.15) is 5.56 Å². The number of rotatable bonds is 3. The van der Waals surface area contributed by atoms with E-state index in [1.807, 2.05) is 6.07 Å². The van der Waals surface area contributed by atoms with Crippen LogP contribution in [-0.4, -0.2) is 4.98 Å². The maximum absolute atomic E-state index is 12.9. The Balaban J connectivity index is 1.99. The fourth-order valence-electron chi connectivity index (χ4n) is 1.33. The van der Waals surface area contributed by atoms with Crippen molar-refractivity contribution in [2.24, 2.45) is 0 Å². The SMILES string of the molecule is Fc1cccc(CNc2ccc(F)nc2)c1. The molecule has 16 heavy (non-hydrogen) atoms. The Labute approximate surface area is 92.0 Å². The Hall–Kier alpha value is -1.97. The predicted molar refractivity (Wildman–Crippen MR) is 57.9 cm³/mol. The monoisotopic (exact) mass is 220 g/mol. The van der Waals surface area contributed by atoms with Crippen molar-refractivity contribution in [1.29, 1.82) is 0 Å². The second-order valence-electron chi connectivity index (χ2n) is 3.35. The standard InChI is InChI=1S/C12H10F2N2/c13-10-3-1-2-9(6-10)7-15-11-4-5-12(14)16-8-11/h1-6,8,15H,7H2. The number of hydrogen-bond acceptors (Lipinski definition) is 2. The summed E-state index contributed by atoms with van der Waals surface area (Å²) in [5, 5.41) is 3.02. The largest absolute Gasteiger partial charge is 0.380 e. The normalized spacial score (nSPS) is 10.1. The third-order valence-electron chi connectivity index (χ3n) is 2.11. The van der Waals surface area contributed by atoms with Crippen LogP contribution >= 0.6 is 0 Å². The first kappa shape index (κ1) is 10.5. The van der Waals surface area contributed by atoms with Gasteiger partial charge in [0, 0.05) is 6.54 Å². The van der Waals surface area contributed by atoms with Gasteiger partial charge < -0.3 is 5.32 Å². The topological polar surface area (TPSA) is 24.9 Å². The minimum absolute atomic E-state index is 0.267. The van der Waals surface area contributed by atoms with Gasteiger partial charge in [0.15, 0.2) is 0 Å². The summed E-state index contributed by atoms with van der Waals surface area (Å²) in [5.41, 5.74) is 1.52. The maximum atomic E-state index is 12.9. The molecule has 0 atom stereocenters. The zero-order chi connectivity index (χ0) is 11.4. The van der Waals surface area contributed by atoms with Crippen molar-refractivity contribution in [2.75, 3.05) is 5.32 Å². The van der Waals surface area contributed by atoms with Crippen LogP contribution in [0.3, 0.4) is 0 Å². The van der Waals surface area contributed by atoms with Gasteiger partial charge in [-0.25, -0.2) is 9.37 Å². The van der Waals surface area contributed by atoms with E-state index in [2.05, 4.69) is 10.3 Å². The molecule has 1 aromatic carbocycles. The Morgan fingerprint density at radius 1 is 1.12 bits per heavy atom. The molecule has 0 saturated carbocycles. The number of nitrogens with one attached hydrogen (secondary N) is 1. The lowest BCUT2D eigenvalue weighted by Crippen LogP contribution is -2.00. The van der Waals surface area contributed by atoms with Gasteiger partial charge >= 0.3 is 0 Å². The number of anilines is 1. The van der Waals surface area contributed by atoms with Crippen molar-refractivity contribution in [3.05, 3.63) is 59.9 Å². The number of benzene rings is 1. The summed E-state index contributed by atoms with van der Waals surface area (Å²) in [6, 6.07) is 9.16. The summed E-state index contributed by atoms with van der Waals surface area (Å²) < 4.78 is 25.4. The van der Waals surface area contributed by atoms with Crippen LogP contribution in [0, 0.1) is 11.8 Å². The van der Waals surface area contributed by atoms with Gasteiger partial charge in [-0.1, -0.05) is 12.1 Å². The quantitative estimate of drug-likeness (QED) is 0.804. The van der Waals surface area contributed by atoms with E-state index in [9.17, 15) is 8.78 Å². The lowest BCUT2D eigenvalue weighted by molar-refractivity contribution is 0.584. The summed E-state index contributed by atoms with van der Waals surface area (Å²) in [4.78, 5) is 3.51. The Morgan fingerprint density at radius 2 is 2.00 bits per heavy atom. The highest BCUT2D eigenvalue weighted by Gasteiger charge is 1.97. The van der Waals surface area contributed by atoms with E-state index in [4.69, 9.17) is 0 Å². The molecule has 0 saturated heterocycles. The molecule has 2 nitrogen and oxygen atoms in total. The van der Waals surface area contributed by atoms with Gasteiger partial charge in [0.05, 0.1) is 11.9 Å². The van der Waals surface area contributed by atoms with Gasteiger partial charge in [-0.15, -0.1) is 0 Å². The molecule has 4 heteroatoms. The molecule has 82 valence electrons. The lowest BCUT2D eigenvalue weighted by Gasteiger charge is -2.05. The van der Waals surface area contributed by atoms with E-state index in [0.29, 0.717) is 12.2 Å². The molecule has 0 spiro atoms. The molecule has 0 radical (unpaired) electrons. The fourth-order valence-corrected chi connectivity index (χ4v) is 1.33. The van der Waals surface area contributed by atoms with E-state index in [1.54, 1.807) is 12.1 Å². The molecule has 0 aliphatic carbocycles. The van der Waals surface area contributed by atoms with Crippen molar-refractivity contribution in [1.82, 2.24) is 4.98 Å². The Bertz CT molecular complexity index is 469. The maximum Gasteiger partial charge on any atom is 0.212 e. The van der Waals surface area contributed by atoms with Crippen molar-refractivity contribution in [3.8, 4) is 0 Å². The van der Waals surface area contributed by atoms with Crippen LogP contribution in [0.2, 0.25) is 0 Å².